The lowest BCUT2D eigenvalue weighted by Gasteiger charge is -2.37. The first-order valence-electron chi connectivity index (χ1n) is 11.7. The van der Waals surface area contributed by atoms with Crippen molar-refractivity contribution in [3.8, 4) is 6.07 Å². The zero-order chi connectivity index (χ0) is 25.4. The normalized spacial score (nSPS) is 17.1. The lowest BCUT2D eigenvalue weighted by atomic mass is 9.77. The highest BCUT2D eigenvalue weighted by atomic mass is 32.2. The predicted octanol–water partition coefficient (Wildman–Crippen LogP) is 4.59. The second-order valence-electron chi connectivity index (χ2n) is 9.55. The Morgan fingerprint density at radius 3 is 2.89 bits per heavy atom. The second-order valence-corrected chi connectivity index (χ2v) is 12.1. The molecule has 0 amide bonds. The molecule has 186 valence electrons. The molecule has 0 spiro atoms. The number of nitriles is 1. The Labute approximate surface area is 210 Å². The maximum atomic E-state index is 15.6. The van der Waals surface area contributed by atoms with Gasteiger partial charge >= 0.3 is 0 Å². The number of nitrogens with zero attached hydrogens (tertiary/aromatic N) is 6. The lowest BCUT2D eigenvalue weighted by molar-refractivity contribution is 0.265. The van der Waals surface area contributed by atoms with Gasteiger partial charge in [0, 0.05) is 35.3 Å². The first kappa shape index (κ1) is 24.1. The second kappa shape index (κ2) is 9.44. The molecule has 1 unspecified atom stereocenters. The van der Waals surface area contributed by atoms with Crippen molar-refractivity contribution in [1.29, 1.82) is 5.26 Å². The zero-order valence-electron chi connectivity index (χ0n) is 20.4. The molecule has 1 atom stereocenters. The number of rotatable bonds is 5. The van der Waals surface area contributed by atoms with E-state index >= 15 is 4.39 Å². The molecular weight excluding hydrogens is 479 g/mol. The summed E-state index contributed by atoms with van der Waals surface area (Å²) in [6, 6.07) is 8.95. The molecule has 1 aromatic carbocycles. The Morgan fingerprint density at radius 1 is 1.28 bits per heavy atom. The van der Waals surface area contributed by atoms with Crippen LogP contribution in [0.2, 0.25) is 0 Å². The highest BCUT2D eigenvalue weighted by molar-refractivity contribution is 7.92. The fourth-order valence-corrected chi connectivity index (χ4v) is 5.53. The van der Waals surface area contributed by atoms with Crippen LogP contribution in [0.15, 0.2) is 34.8 Å². The third kappa shape index (κ3) is 5.01. The molecule has 2 aromatic heterocycles. The van der Waals surface area contributed by atoms with Crippen LogP contribution in [0.1, 0.15) is 41.0 Å². The molecule has 2 aliphatic rings. The van der Waals surface area contributed by atoms with Crippen molar-refractivity contribution in [2.24, 2.45) is 4.36 Å². The number of benzene rings is 1. The molecule has 9 nitrogen and oxygen atoms in total. The number of hydrogen-bond acceptors (Lipinski definition) is 9. The molecule has 1 aliphatic heterocycles. The van der Waals surface area contributed by atoms with Crippen LogP contribution in [0.4, 0.5) is 33.5 Å². The zero-order valence-corrected chi connectivity index (χ0v) is 21.2. The van der Waals surface area contributed by atoms with Crippen molar-refractivity contribution < 1.29 is 8.60 Å². The van der Waals surface area contributed by atoms with E-state index in [2.05, 4.69) is 48.0 Å². The minimum atomic E-state index is -2.38. The maximum absolute atomic E-state index is 15.6. The van der Waals surface area contributed by atoms with Gasteiger partial charge in [-0.15, -0.1) is 0 Å². The monoisotopic (exact) mass is 506 g/mol. The summed E-state index contributed by atoms with van der Waals surface area (Å²) in [5.74, 6) is 1.16. The van der Waals surface area contributed by atoms with Crippen molar-refractivity contribution in [3.05, 3.63) is 58.5 Å². The highest BCUT2D eigenvalue weighted by Crippen LogP contribution is 2.42. The van der Waals surface area contributed by atoms with E-state index in [9.17, 15) is 9.47 Å². The van der Waals surface area contributed by atoms with Gasteiger partial charge in [0.2, 0.25) is 5.95 Å². The van der Waals surface area contributed by atoms with E-state index in [4.69, 9.17) is 0 Å². The predicted molar refractivity (Wildman–Crippen MR) is 138 cm³/mol. The lowest BCUT2D eigenvalue weighted by Crippen LogP contribution is -2.33. The van der Waals surface area contributed by atoms with E-state index in [0.29, 0.717) is 23.2 Å². The van der Waals surface area contributed by atoms with Crippen LogP contribution in [-0.2, 0) is 22.7 Å². The van der Waals surface area contributed by atoms with Gasteiger partial charge in [0.05, 0.1) is 11.9 Å². The molecule has 3 aromatic rings. The summed E-state index contributed by atoms with van der Waals surface area (Å²) < 4.78 is 31.7. The van der Waals surface area contributed by atoms with Crippen LogP contribution in [0, 0.1) is 17.1 Å². The molecule has 5 rings (SSSR count). The van der Waals surface area contributed by atoms with Gasteiger partial charge in [0.25, 0.3) is 0 Å². The minimum Gasteiger partial charge on any atom is -0.324 e. The molecule has 0 radical (unpaired) electrons. The van der Waals surface area contributed by atoms with E-state index in [1.54, 1.807) is 18.2 Å². The van der Waals surface area contributed by atoms with E-state index in [0.717, 1.165) is 43.5 Å². The van der Waals surface area contributed by atoms with Crippen LogP contribution in [0.25, 0.3) is 0 Å². The van der Waals surface area contributed by atoms with Gasteiger partial charge in [-0.25, -0.2) is 18.6 Å². The Balaban J connectivity index is 1.47. The van der Waals surface area contributed by atoms with Gasteiger partial charge in [0.1, 0.15) is 23.3 Å². The number of likely N-dealkylation sites (N-methyl/N-ethyl adjacent to an activating group) is 1. The molecule has 0 saturated heterocycles. The largest absolute Gasteiger partial charge is 0.324 e. The fraction of sp³-hybridized carbons (Fsp3) is 0.360. The Bertz CT molecular complexity index is 1500. The molecule has 36 heavy (non-hydrogen) atoms. The summed E-state index contributed by atoms with van der Waals surface area (Å²) in [7, 11) is -0.294. The number of nitrogens with one attached hydrogen (secondary N) is 2. The van der Waals surface area contributed by atoms with Crippen molar-refractivity contribution in [2.75, 3.05) is 36.7 Å². The third-order valence-electron chi connectivity index (χ3n) is 6.30. The SMILES string of the molecule is CN1Cc2cc(Nc3ncc(C#N)c(Nc4cccc(N=S(C)(C)=O)n4)n3)c(F)c3c2C(CCC3)C1. The number of anilines is 4. The van der Waals surface area contributed by atoms with Gasteiger partial charge in [0.15, 0.2) is 11.6 Å². The molecule has 11 heteroatoms. The Morgan fingerprint density at radius 2 is 2.11 bits per heavy atom. The van der Waals surface area contributed by atoms with Gasteiger partial charge in [-0.3, -0.25) is 0 Å². The van der Waals surface area contributed by atoms with Gasteiger partial charge in [-0.05, 0) is 67.1 Å². The van der Waals surface area contributed by atoms with Gasteiger partial charge < -0.3 is 15.5 Å². The molecule has 1 aliphatic carbocycles. The van der Waals surface area contributed by atoms with Crippen LogP contribution in [0.5, 0.6) is 0 Å². The minimum absolute atomic E-state index is 0.157. The van der Waals surface area contributed by atoms with Crippen molar-refractivity contribution in [2.45, 2.75) is 31.7 Å². The smallest absolute Gasteiger partial charge is 0.229 e. The first-order chi connectivity index (χ1) is 17.2. The van der Waals surface area contributed by atoms with Crippen molar-refractivity contribution in [3.63, 3.8) is 0 Å². The molecular formula is C25H27FN8OS. The summed E-state index contributed by atoms with van der Waals surface area (Å²) in [4.78, 5) is 15.3. The summed E-state index contributed by atoms with van der Waals surface area (Å²) in [5.41, 5.74) is 3.62. The number of pyridine rings is 1. The topological polar surface area (TPSA) is 119 Å². The molecule has 3 heterocycles. The average Bonchev–Trinajstić information content (AvgIpc) is 2.81. The van der Waals surface area contributed by atoms with E-state index in [-0.39, 0.29) is 23.1 Å². The van der Waals surface area contributed by atoms with E-state index in [1.807, 2.05) is 6.07 Å². The summed E-state index contributed by atoms with van der Waals surface area (Å²) in [6.07, 6.45) is 7.20. The van der Waals surface area contributed by atoms with E-state index in [1.165, 1.54) is 24.3 Å². The molecule has 0 bridgehead atoms. The Kier molecular flexibility index (Phi) is 6.32. The number of halogens is 1. The Hall–Kier alpha value is -3.62. The summed E-state index contributed by atoms with van der Waals surface area (Å²) >= 11 is 0. The highest BCUT2D eigenvalue weighted by Gasteiger charge is 2.32. The molecule has 2 N–H and O–H groups in total. The quantitative estimate of drug-likeness (QED) is 0.516. The summed E-state index contributed by atoms with van der Waals surface area (Å²) in [5, 5.41) is 15.6. The van der Waals surface area contributed by atoms with Gasteiger partial charge in [-0.2, -0.15) is 14.6 Å². The van der Waals surface area contributed by atoms with Crippen LogP contribution in [-0.4, -0.2) is 50.2 Å². The summed E-state index contributed by atoms with van der Waals surface area (Å²) in [6.45, 7) is 1.72. The van der Waals surface area contributed by atoms with Crippen LogP contribution in [0.3, 0.4) is 0 Å². The third-order valence-corrected chi connectivity index (χ3v) is 6.93. The average molecular weight is 507 g/mol. The van der Waals surface area contributed by atoms with Crippen molar-refractivity contribution in [1.82, 2.24) is 19.9 Å². The maximum Gasteiger partial charge on any atom is 0.229 e. The first-order valence-corrected chi connectivity index (χ1v) is 14.0. The number of aromatic nitrogens is 3. The number of hydrogen-bond donors (Lipinski definition) is 2. The standard InChI is InChI=1S/C25H27FN8OS/c1-34-13-15-6-4-7-18-22(15)16(14-34)10-19(23(18)26)29-25-28-12-17(11-27)24(32-25)31-20-8-5-9-21(30-20)33-36(2,3)35/h5,8-10,12,15H,4,6-7,13-14H2,1-3H3,(H2,28,29,30,31,32). The van der Waals surface area contributed by atoms with Crippen LogP contribution < -0.4 is 10.6 Å². The van der Waals surface area contributed by atoms with Crippen molar-refractivity contribution >= 4 is 38.8 Å². The molecule has 0 fully saturated rings. The van der Waals surface area contributed by atoms with E-state index < -0.39 is 9.73 Å². The molecule has 0 saturated carbocycles. The van der Waals surface area contributed by atoms with Crippen LogP contribution >= 0.6 is 0 Å². The van der Waals surface area contributed by atoms with Gasteiger partial charge in [-0.1, -0.05) is 6.07 Å². The fourth-order valence-electron chi connectivity index (χ4n) is 4.98.